The Hall–Kier alpha value is -1.39. The van der Waals surface area contributed by atoms with Gasteiger partial charge in [-0.1, -0.05) is 42.4 Å². The molecule has 0 radical (unpaired) electrons. The average molecular weight is 315 g/mol. The van der Waals surface area contributed by atoms with Crippen molar-refractivity contribution >= 4 is 5.71 Å². The third-order valence-corrected chi connectivity index (χ3v) is 5.12. The van der Waals surface area contributed by atoms with Gasteiger partial charge in [0.25, 0.3) is 0 Å². The first-order valence-electron chi connectivity index (χ1n) is 8.92. The third-order valence-electron chi connectivity index (χ3n) is 5.12. The summed E-state index contributed by atoms with van der Waals surface area (Å²) in [5.74, 6) is 0. The molecule has 1 fully saturated rings. The summed E-state index contributed by atoms with van der Waals surface area (Å²) in [6.07, 6.45) is 4.81. The third kappa shape index (κ3) is 4.55. The van der Waals surface area contributed by atoms with Crippen LogP contribution in [-0.2, 0) is 11.4 Å². The van der Waals surface area contributed by atoms with Gasteiger partial charge in [0.2, 0.25) is 0 Å². The number of hydrogen-bond donors (Lipinski definition) is 0. The van der Waals surface area contributed by atoms with Crippen molar-refractivity contribution < 1.29 is 4.84 Å². The number of likely N-dealkylation sites (tertiary alicyclic amines) is 1. The summed E-state index contributed by atoms with van der Waals surface area (Å²) in [6.45, 7) is 6.57. The van der Waals surface area contributed by atoms with Gasteiger partial charge >= 0.3 is 0 Å². The van der Waals surface area contributed by atoms with Crippen LogP contribution in [0.4, 0.5) is 0 Å². The first kappa shape index (κ1) is 16.5. The number of piperidine rings is 1. The van der Waals surface area contributed by atoms with Crippen molar-refractivity contribution in [3.05, 3.63) is 35.9 Å². The minimum absolute atomic E-state index is 0.281. The molecule has 0 bridgehead atoms. The molecule has 1 atom stereocenters. The molecule has 1 saturated heterocycles. The van der Waals surface area contributed by atoms with E-state index in [1.54, 1.807) is 0 Å². The summed E-state index contributed by atoms with van der Waals surface area (Å²) < 4.78 is 0. The Morgan fingerprint density at radius 3 is 2.61 bits per heavy atom. The second-order valence-electron chi connectivity index (χ2n) is 6.88. The monoisotopic (exact) mass is 315 g/mol. The fraction of sp³-hybridized carbons (Fsp3) is 0.632. The number of hydrogen-bond acceptors (Lipinski definition) is 4. The maximum atomic E-state index is 5.55. The van der Waals surface area contributed by atoms with Crippen molar-refractivity contribution in [1.82, 2.24) is 9.80 Å². The van der Waals surface area contributed by atoms with Crippen molar-refractivity contribution in [2.24, 2.45) is 5.16 Å². The van der Waals surface area contributed by atoms with Gasteiger partial charge in [-0.3, -0.25) is 9.80 Å². The van der Waals surface area contributed by atoms with Gasteiger partial charge in [0.15, 0.2) is 0 Å². The fourth-order valence-corrected chi connectivity index (χ4v) is 3.62. The highest BCUT2D eigenvalue weighted by Crippen LogP contribution is 2.20. The maximum absolute atomic E-state index is 5.55. The summed E-state index contributed by atoms with van der Waals surface area (Å²) in [6, 6.07) is 11.5. The molecule has 0 aromatic heterocycles. The number of rotatable bonds is 6. The van der Waals surface area contributed by atoms with E-state index in [0.717, 1.165) is 25.9 Å². The van der Waals surface area contributed by atoms with E-state index in [2.05, 4.69) is 59.3 Å². The molecule has 1 unspecified atom stereocenters. The van der Waals surface area contributed by atoms with E-state index in [4.69, 9.17) is 4.84 Å². The van der Waals surface area contributed by atoms with Crippen LogP contribution < -0.4 is 0 Å². The standard InChI is InChI=1S/C19H29N3O/c1-3-17-13-19(23-20-17)15-22-11-9-18(10-12-22)21(2)14-16-7-5-4-6-8-16/h4-8,18-19H,3,9-15H2,1-2H3. The van der Waals surface area contributed by atoms with Crippen LogP contribution in [0.15, 0.2) is 35.5 Å². The van der Waals surface area contributed by atoms with Gasteiger partial charge in [0.05, 0.1) is 5.71 Å². The molecule has 1 aromatic carbocycles. The Bertz CT molecular complexity index is 509. The first-order valence-corrected chi connectivity index (χ1v) is 8.92. The highest BCUT2D eigenvalue weighted by atomic mass is 16.6. The van der Waals surface area contributed by atoms with E-state index in [9.17, 15) is 0 Å². The minimum Gasteiger partial charge on any atom is -0.391 e. The van der Waals surface area contributed by atoms with Gasteiger partial charge in [0.1, 0.15) is 6.10 Å². The van der Waals surface area contributed by atoms with Crippen molar-refractivity contribution in [3.8, 4) is 0 Å². The zero-order chi connectivity index (χ0) is 16.1. The van der Waals surface area contributed by atoms with E-state index in [-0.39, 0.29) is 6.10 Å². The molecule has 2 heterocycles. The van der Waals surface area contributed by atoms with Gasteiger partial charge in [-0.25, -0.2) is 0 Å². The molecule has 0 amide bonds. The predicted octanol–water partition coefficient (Wildman–Crippen LogP) is 3.14. The van der Waals surface area contributed by atoms with Crippen LogP contribution in [0.25, 0.3) is 0 Å². The Balaban J connectivity index is 1.40. The van der Waals surface area contributed by atoms with E-state index in [0.29, 0.717) is 6.04 Å². The summed E-state index contributed by atoms with van der Waals surface area (Å²) in [4.78, 5) is 10.6. The molecule has 4 nitrogen and oxygen atoms in total. The Kier molecular flexibility index (Phi) is 5.68. The zero-order valence-corrected chi connectivity index (χ0v) is 14.4. The summed E-state index contributed by atoms with van der Waals surface area (Å²) in [7, 11) is 2.26. The summed E-state index contributed by atoms with van der Waals surface area (Å²) >= 11 is 0. The molecule has 0 spiro atoms. The van der Waals surface area contributed by atoms with Crippen LogP contribution in [0.3, 0.4) is 0 Å². The van der Waals surface area contributed by atoms with Gasteiger partial charge < -0.3 is 4.84 Å². The molecule has 3 rings (SSSR count). The maximum Gasteiger partial charge on any atom is 0.145 e. The highest BCUT2D eigenvalue weighted by Gasteiger charge is 2.27. The lowest BCUT2D eigenvalue weighted by molar-refractivity contribution is 0.0359. The van der Waals surface area contributed by atoms with Crippen LogP contribution >= 0.6 is 0 Å². The fourth-order valence-electron chi connectivity index (χ4n) is 3.62. The van der Waals surface area contributed by atoms with Gasteiger partial charge in [-0.2, -0.15) is 0 Å². The molecule has 0 N–H and O–H groups in total. The quantitative estimate of drug-likeness (QED) is 0.807. The lowest BCUT2D eigenvalue weighted by Gasteiger charge is -2.37. The molecule has 2 aliphatic rings. The lowest BCUT2D eigenvalue weighted by Crippen LogP contribution is -2.45. The van der Waals surface area contributed by atoms with Crippen LogP contribution in [0.5, 0.6) is 0 Å². The van der Waals surface area contributed by atoms with Crippen LogP contribution in [0.1, 0.15) is 38.2 Å². The van der Waals surface area contributed by atoms with Crippen LogP contribution in [-0.4, -0.2) is 54.3 Å². The Labute approximate surface area is 140 Å². The van der Waals surface area contributed by atoms with Gasteiger partial charge in [-0.05, 0) is 45.0 Å². The molecule has 0 saturated carbocycles. The topological polar surface area (TPSA) is 28.1 Å². The number of oxime groups is 1. The smallest absolute Gasteiger partial charge is 0.145 e. The molecule has 0 aliphatic carbocycles. The molecular formula is C19H29N3O. The van der Waals surface area contributed by atoms with Crippen molar-refractivity contribution in [2.45, 2.75) is 51.3 Å². The van der Waals surface area contributed by atoms with Crippen molar-refractivity contribution in [2.75, 3.05) is 26.7 Å². The van der Waals surface area contributed by atoms with E-state index >= 15 is 0 Å². The number of nitrogens with zero attached hydrogens (tertiary/aromatic N) is 3. The second kappa shape index (κ2) is 7.93. The molecule has 4 heteroatoms. The Morgan fingerprint density at radius 1 is 1.22 bits per heavy atom. The minimum atomic E-state index is 0.281. The second-order valence-corrected chi connectivity index (χ2v) is 6.88. The number of benzene rings is 1. The lowest BCUT2D eigenvalue weighted by atomic mass is 10.0. The Morgan fingerprint density at radius 2 is 1.96 bits per heavy atom. The van der Waals surface area contributed by atoms with Crippen LogP contribution in [0, 0.1) is 0 Å². The predicted molar refractivity (Wildman–Crippen MR) is 94.6 cm³/mol. The molecule has 23 heavy (non-hydrogen) atoms. The van der Waals surface area contributed by atoms with Crippen molar-refractivity contribution in [3.63, 3.8) is 0 Å². The molecular weight excluding hydrogens is 286 g/mol. The van der Waals surface area contributed by atoms with E-state index in [1.807, 2.05) is 0 Å². The average Bonchev–Trinajstić information content (AvgIpc) is 3.04. The molecule has 2 aliphatic heterocycles. The highest BCUT2D eigenvalue weighted by molar-refractivity contribution is 5.85. The first-order chi connectivity index (χ1) is 11.2. The van der Waals surface area contributed by atoms with Gasteiger partial charge in [-0.15, -0.1) is 0 Å². The molecule has 126 valence electrons. The molecule has 1 aromatic rings. The van der Waals surface area contributed by atoms with E-state index < -0.39 is 0 Å². The largest absolute Gasteiger partial charge is 0.391 e. The van der Waals surface area contributed by atoms with E-state index in [1.165, 1.54) is 37.2 Å². The zero-order valence-electron chi connectivity index (χ0n) is 14.4. The summed E-state index contributed by atoms with van der Waals surface area (Å²) in [5, 5.41) is 4.17. The normalized spacial score (nSPS) is 23.1. The van der Waals surface area contributed by atoms with Crippen molar-refractivity contribution in [1.29, 1.82) is 0 Å². The van der Waals surface area contributed by atoms with Gasteiger partial charge in [0, 0.05) is 25.6 Å². The summed E-state index contributed by atoms with van der Waals surface area (Å²) in [5.41, 5.74) is 2.62. The van der Waals surface area contributed by atoms with Crippen LogP contribution in [0.2, 0.25) is 0 Å². The SMILES string of the molecule is CCC1=NOC(CN2CCC(N(C)Cc3ccccc3)CC2)C1.